The second-order valence-corrected chi connectivity index (χ2v) is 8.13. The lowest BCUT2D eigenvalue weighted by atomic mass is 10.2. The minimum absolute atomic E-state index is 0.145. The maximum Gasteiger partial charge on any atom is 0.319 e. The van der Waals surface area contributed by atoms with Crippen LogP contribution in [-0.2, 0) is 4.74 Å². The average Bonchev–Trinajstić information content (AvgIpc) is 3.47. The molecule has 8 heteroatoms. The van der Waals surface area contributed by atoms with Gasteiger partial charge < -0.3 is 30.6 Å². The highest BCUT2D eigenvalue weighted by Crippen LogP contribution is 2.34. The van der Waals surface area contributed by atoms with E-state index in [-0.39, 0.29) is 12.1 Å². The van der Waals surface area contributed by atoms with Gasteiger partial charge in [-0.3, -0.25) is 0 Å². The number of ether oxygens (including phenoxy) is 1. The molecule has 1 aliphatic heterocycles. The molecule has 1 aliphatic carbocycles. The summed E-state index contributed by atoms with van der Waals surface area (Å²) < 4.78 is 5.53. The number of carbonyl (C=O) groups excluding carboxylic acids is 1. The van der Waals surface area contributed by atoms with E-state index in [1.54, 1.807) is 6.20 Å². The number of hydrogen-bond donors (Lipinski definition) is 4. The van der Waals surface area contributed by atoms with Gasteiger partial charge in [-0.1, -0.05) is 12.8 Å². The van der Waals surface area contributed by atoms with Gasteiger partial charge in [-0.05, 0) is 43.2 Å². The summed E-state index contributed by atoms with van der Waals surface area (Å²) in [6.07, 6.45) is 8.17. The maximum atomic E-state index is 12.5. The Kier molecular flexibility index (Phi) is 5.62. The first-order valence-corrected chi connectivity index (χ1v) is 11.0. The van der Waals surface area contributed by atoms with Crippen LogP contribution in [0.15, 0.2) is 42.7 Å². The predicted molar refractivity (Wildman–Crippen MR) is 123 cm³/mol. The molecule has 3 aromatic rings. The maximum absolute atomic E-state index is 12.5. The third-order valence-electron chi connectivity index (χ3n) is 6.03. The van der Waals surface area contributed by atoms with Crippen LogP contribution in [0, 0.1) is 0 Å². The summed E-state index contributed by atoms with van der Waals surface area (Å²) >= 11 is 0. The number of anilines is 4. The lowest BCUT2D eigenvalue weighted by Crippen LogP contribution is -2.37. The molecule has 0 radical (unpaired) electrons. The molecule has 0 atom stereocenters. The first-order valence-electron chi connectivity index (χ1n) is 11.0. The van der Waals surface area contributed by atoms with Crippen molar-refractivity contribution in [1.82, 2.24) is 15.3 Å². The van der Waals surface area contributed by atoms with Crippen molar-refractivity contribution in [2.24, 2.45) is 0 Å². The van der Waals surface area contributed by atoms with E-state index in [4.69, 9.17) is 4.74 Å². The topological polar surface area (TPSA) is 94.3 Å². The molecule has 162 valence electrons. The summed E-state index contributed by atoms with van der Waals surface area (Å²) in [5, 5.41) is 10.7. The summed E-state index contributed by atoms with van der Waals surface area (Å²) in [7, 11) is 0. The second kappa shape index (κ2) is 8.85. The molecule has 31 heavy (non-hydrogen) atoms. The van der Waals surface area contributed by atoms with Crippen molar-refractivity contribution >= 4 is 39.8 Å². The molecular formula is C23H28N6O2. The molecule has 1 saturated carbocycles. The molecule has 2 fully saturated rings. The number of H-pyrrole nitrogens is 1. The fourth-order valence-corrected chi connectivity index (χ4v) is 4.43. The minimum Gasteiger partial charge on any atom is -0.378 e. The van der Waals surface area contributed by atoms with Crippen LogP contribution in [0.25, 0.3) is 11.0 Å². The lowest BCUT2D eigenvalue weighted by molar-refractivity contribution is 0.123. The molecule has 8 nitrogen and oxygen atoms in total. The van der Waals surface area contributed by atoms with Gasteiger partial charge in [0.15, 0.2) is 0 Å². The summed E-state index contributed by atoms with van der Waals surface area (Å²) in [6.45, 7) is 3.08. The number of morpholine rings is 1. The zero-order chi connectivity index (χ0) is 21.0. The quantitative estimate of drug-likeness (QED) is 0.496. The van der Waals surface area contributed by atoms with Gasteiger partial charge in [0.1, 0.15) is 5.65 Å². The van der Waals surface area contributed by atoms with E-state index in [1.165, 1.54) is 12.8 Å². The number of amides is 2. The van der Waals surface area contributed by atoms with E-state index in [2.05, 4.69) is 36.9 Å². The third-order valence-corrected chi connectivity index (χ3v) is 6.03. The fourth-order valence-electron chi connectivity index (χ4n) is 4.43. The Labute approximate surface area is 181 Å². The predicted octanol–water partition coefficient (Wildman–Crippen LogP) is 4.21. The van der Waals surface area contributed by atoms with Crippen LogP contribution < -0.4 is 20.9 Å². The molecule has 2 amide bonds. The number of urea groups is 1. The summed E-state index contributed by atoms with van der Waals surface area (Å²) in [4.78, 5) is 22.3. The monoisotopic (exact) mass is 420 g/mol. The number of nitrogens with one attached hydrogen (secondary N) is 4. The number of rotatable bonds is 5. The van der Waals surface area contributed by atoms with Crippen LogP contribution in [0.4, 0.5) is 27.5 Å². The molecule has 0 spiro atoms. The molecule has 5 rings (SSSR count). The van der Waals surface area contributed by atoms with Crippen LogP contribution in [0.1, 0.15) is 25.7 Å². The number of aromatic nitrogens is 2. The van der Waals surface area contributed by atoms with E-state index in [0.29, 0.717) is 13.2 Å². The lowest BCUT2D eigenvalue weighted by Gasteiger charge is -2.31. The minimum atomic E-state index is -0.145. The second-order valence-electron chi connectivity index (χ2n) is 8.13. The Hall–Kier alpha value is -3.26. The first-order chi connectivity index (χ1) is 15.3. The van der Waals surface area contributed by atoms with Crippen molar-refractivity contribution in [3.8, 4) is 0 Å². The van der Waals surface area contributed by atoms with Crippen molar-refractivity contribution in [3.05, 3.63) is 42.7 Å². The van der Waals surface area contributed by atoms with E-state index < -0.39 is 0 Å². The van der Waals surface area contributed by atoms with E-state index >= 15 is 0 Å². The molecular weight excluding hydrogens is 392 g/mol. The number of aromatic amines is 1. The van der Waals surface area contributed by atoms with Crippen molar-refractivity contribution in [1.29, 1.82) is 0 Å². The van der Waals surface area contributed by atoms with Crippen molar-refractivity contribution in [2.45, 2.75) is 31.7 Å². The van der Waals surface area contributed by atoms with E-state index in [0.717, 1.165) is 59.7 Å². The highest BCUT2D eigenvalue weighted by molar-refractivity contribution is 5.95. The number of fused-ring (bicyclic) bond motifs is 1. The standard InChI is InChI=1S/C23H28N6O2/c30-23(26-16-3-1-2-4-16)27-17-5-6-21(29-11-13-31-14-12-29)20(15-17)28-19-8-10-25-22-18(19)7-9-24-22/h5-10,15-16H,1-4,11-14H2,(H2,24,25,28)(H2,26,27,30). The molecule has 2 aromatic heterocycles. The van der Waals surface area contributed by atoms with Crippen molar-refractivity contribution in [3.63, 3.8) is 0 Å². The Bertz CT molecular complexity index is 1050. The molecule has 4 N–H and O–H groups in total. The first kappa shape index (κ1) is 19.7. The SMILES string of the molecule is O=C(Nc1ccc(N2CCOCC2)c(Nc2ccnc3[nH]ccc23)c1)NC1CCCC1. The summed E-state index contributed by atoms with van der Waals surface area (Å²) in [6, 6.07) is 10.1. The fraction of sp³-hybridized carbons (Fsp3) is 0.391. The zero-order valence-electron chi connectivity index (χ0n) is 17.5. The van der Waals surface area contributed by atoms with E-state index in [1.807, 2.05) is 30.5 Å². The Morgan fingerprint density at radius 3 is 2.77 bits per heavy atom. The number of carbonyl (C=O) groups is 1. The molecule has 0 unspecified atom stereocenters. The summed E-state index contributed by atoms with van der Waals surface area (Å²) in [5.41, 5.74) is 4.59. The smallest absolute Gasteiger partial charge is 0.319 e. The molecule has 3 heterocycles. The van der Waals surface area contributed by atoms with Crippen LogP contribution in [-0.4, -0.2) is 48.3 Å². The molecule has 1 aromatic carbocycles. The Balaban J connectivity index is 1.41. The van der Waals surface area contributed by atoms with Gasteiger partial charge >= 0.3 is 6.03 Å². The number of pyridine rings is 1. The summed E-state index contributed by atoms with van der Waals surface area (Å²) in [5.74, 6) is 0. The number of benzene rings is 1. The third kappa shape index (κ3) is 4.44. The molecule has 2 aliphatic rings. The Morgan fingerprint density at radius 2 is 1.94 bits per heavy atom. The molecule has 0 bridgehead atoms. The van der Waals surface area contributed by atoms with Crippen molar-refractivity contribution < 1.29 is 9.53 Å². The van der Waals surface area contributed by atoms with Gasteiger partial charge in [0.25, 0.3) is 0 Å². The van der Waals surface area contributed by atoms with Gasteiger partial charge in [0.05, 0.1) is 30.3 Å². The van der Waals surface area contributed by atoms with Crippen LogP contribution >= 0.6 is 0 Å². The molecule has 1 saturated heterocycles. The zero-order valence-corrected chi connectivity index (χ0v) is 17.5. The van der Waals surface area contributed by atoms with Crippen LogP contribution in [0.5, 0.6) is 0 Å². The van der Waals surface area contributed by atoms with Gasteiger partial charge in [0, 0.05) is 42.6 Å². The normalized spacial score (nSPS) is 17.1. The number of hydrogen-bond acceptors (Lipinski definition) is 5. The highest BCUT2D eigenvalue weighted by Gasteiger charge is 2.19. The van der Waals surface area contributed by atoms with Crippen molar-refractivity contribution in [2.75, 3.05) is 41.8 Å². The van der Waals surface area contributed by atoms with Gasteiger partial charge in [-0.25, -0.2) is 9.78 Å². The van der Waals surface area contributed by atoms with Gasteiger partial charge in [-0.15, -0.1) is 0 Å². The van der Waals surface area contributed by atoms with Gasteiger partial charge in [-0.2, -0.15) is 0 Å². The van der Waals surface area contributed by atoms with Crippen LogP contribution in [0.3, 0.4) is 0 Å². The Morgan fingerprint density at radius 1 is 1.10 bits per heavy atom. The largest absolute Gasteiger partial charge is 0.378 e. The number of nitrogens with zero attached hydrogens (tertiary/aromatic N) is 2. The highest BCUT2D eigenvalue weighted by atomic mass is 16.5. The average molecular weight is 421 g/mol. The van der Waals surface area contributed by atoms with E-state index in [9.17, 15) is 4.79 Å². The van der Waals surface area contributed by atoms with Gasteiger partial charge in [0.2, 0.25) is 0 Å². The van der Waals surface area contributed by atoms with Crippen LogP contribution in [0.2, 0.25) is 0 Å².